The fourth-order valence-electron chi connectivity index (χ4n) is 4.79. The molecule has 2 aliphatic heterocycles. The SMILES string of the molecule is C=C(C(=O)OCC)[C@@H]1CC[C@@](C)(O)[C@H]2CC[C@@](C)(O2)[C@@H](OC(C)=O)CC[C@](C)(O)[C@@H](O)C1. The van der Waals surface area contributed by atoms with Crippen molar-refractivity contribution in [3.63, 3.8) is 0 Å². The predicted octanol–water partition coefficient (Wildman–Crippen LogP) is 2.42. The van der Waals surface area contributed by atoms with Gasteiger partial charge in [-0.05, 0) is 78.6 Å². The lowest BCUT2D eigenvalue weighted by molar-refractivity contribution is -0.185. The van der Waals surface area contributed by atoms with Gasteiger partial charge in [-0.1, -0.05) is 6.58 Å². The third-order valence-electron chi connectivity index (χ3n) is 7.17. The van der Waals surface area contributed by atoms with Crippen LogP contribution < -0.4 is 0 Å². The van der Waals surface area contributed by atoms with Crippen molar-refractivity contribution < 1.29 is 39.1 Å². The fraction of sp³-hybridized carbons (Fsp3) is 0.833. The monoisotopic (exact) mass is 456 g/mol. The second-order valence-electron chi connectivity index (χ2n) is 10.0. The van der Waals surface area contributed by atoms with Crippen LogP contribution in [-0.2, 0) is 23.8 Å². The molecule has 0 aromatic heterocycles. The van der Waals surface area contributed by atoms with E-state index in [4.69, 9.17) is 14.2 Å². The molecule has 0 saturated carbocycles. The molecule has 8 nitrogen and oxygen atoms in total. The molecule has 184 valence electrons. The Balaban J connectivity index is 2.37. The molecule has 2 rings (SSSR count). The maximum Gasteiger partial charge on any atom is 0.333 e. The molecule has 0 amide bonds. The molecule has 3 N–H and O–H groups in total. The van der Waals surface area contributed by atoms with Crippen LogP contribution in [0.3, 0.4) is 0 Å². The number of hydrogen-bond donors (Lipinski definition) is 3. The highest BCUT2D eigenvalue weighted by Gasteiger charge is 2.50. The number of aliphatic hydroxyl groups is 3. The van der Waals surface area contributed by atoms with E-state index in [9.17, 15) is 24.9 Å². The highest BCUT2D eigenvalue weighted by atomic mass is 16.6. The van der Waals surface area contributed by atoms with E-state index in [1.807, 2.05) is 6.92 Å². The fourth-order valence-corrected chi connectivity index (χ4v) is 4.79. The summed E-state index contributed by atoms with van der Waals surface area (Å²) < 4.78 is 16.9. The van der Waals surface area contributed by atoms with Crippen LogP contribution in [0.25, 0.3) is 0 Å². The summed E-state index contributed by atoms with van der Waals surface area (Å²) in [4.78, 5) is 24.1. The van der Waals surface area contributed by atoms with E-state index >= 15 is 0 Å². The van der Waals surface area contributed by atoms with Crippen LogP contribution >= 0.6 is 0 Å². The van der Waals surface area contributed by atoms with Crippen LogP contribution in [0.5, 0.6) is 0 Å². The number of fused-ring (bicyclic) bond motifs is 2. The van der Waals surface area contributed by atoms with Crippen LogP contribution in [0.1, 0.15) is 79.6 Å². The van der Waals surface area contributed by atoms with Gasteiger partial charge in [-0.15, -0.1) is 0 Å². The predicted molar refractivity (Wildman–Crippen MR) is 118 cm³/mol. The zero-order valence-electron chi connectivity index (χ0n) is 20.1. The number of hydrogen-bond acceptors (Lipinski definition) is 8. The Bertz CT molecular complexity index is 700. The normalized spacial score (nSPS) is 41.0. The van der Waals surface area contributed by atoms with Crippen LogP contribution in [0.15, 0.2) is 12.2 Å². The molecule has 7 atom stereocenters. The molecule has 32 heavy (non-hydrogen) atoms. The lowest BCUT2D eigenvalue weighted by Gasteiger charge is -2.37. The Kier molecular flexibility index (Phi) is 8.53. The number of rotatable bonds is 4. The van der Waals surface area contributed by atoms with Crippen molar-refractivity contribution >= 4 is 11.9 Å². The second kappa shape index (κ2) is 10.2. The number of esters is 2. The number of aliphatic hydroxyl groups excluding tert-OH is 1. The van der Waals surface area contributed by atoms with Crippen LogP contribution in [0.4, 0.5) is 0 Å². The molecule has 2 fully saturated rings. The summed E-state index contributed by atoms with van der Waals surface area (Å²) in [5.41, 5.74) is -3.30. The molecule has 2 saturated heterocycles. The Hall–Kier alpha value is -1.48. The zero-order chi connectivity index (χ0) is 24.3. The molecule has 2 aliphatic rings. The third-order valence-corrected chi connectivity index (χ3v) is 7.17. The molecule has 2 bridgehead atoms. The van der Waals surface area contributed by atoms with Crippen molar-refractivity contribution in [2.75, 3.05) is 6.61 Å². The minimum atomic E-state index is -1.49. The number of carbonyl (C=O) groups is 2. The van der Waals surface area contributed by atoms with Crippen LogP contribution in [0.2, 0.25) is 0 Å². The van der Waals surface area contributed by atoms with E-state index in [1.165, 1.54) is 13.8 Å². The highest BCUT2D eigenvalue weighted by molar-refractivity contribution is 5.88. The molecule has 2 heterocycles. The van der Waals surface area contributed by atoms with Gasteiger partial charge in [-0.2, -0.15) is 0 Å². The van der Waals surface area contributed by atoms with Gasteiger partial charge in [0.2, 0.25) is 0 Å². The van der Waals surface area contributed by atoms with Crippen molar-refractivity contribution in [2.45, 2.75) is 115 Å². The second-order valence-corrected chi connectivity index (χ2v) is 10.0. The first-order valence-corrected chi connectivity index (χ1v) is 11.6. The molecule has 0 unspecified atom stereocenters. The van der Waals surface area contributed by atoms with Gasteiger partial charge in [0.1, 0.15) is 11.7 Å². The van der Waals surface area contributed by atoms with Crippen LogP contribution in [0, 0.1) is 5.92 Å². The van der Waals surface area contributed by atoms with Crippen molar-refractivity contribution in [3.8, 4) is 0 Å². The summed E-state index contributed by atoms with van der Waals surface area (Å²) in [6.07, 6.45) is 0.0718. The van der Waals surface area contributed by atoms with Gasteiger partial charge in [0.15, 0.2) is 0 Å². The molecule has 0 radical (unpaired) electrons. The molecule has 0 spiro atoms. The van der Waals surface area contributed by atoms with Gasteiger partial charge in [-0.3, -0.25) is 4.79 Å². The van der Waals surface area contributed by atoms with E-state index in [0.717, 1.165) is 0 Å². The molecule has 8 heteroatoms. The summed E-state index contributed by atoms with van der Waals surface area (Å²) in [5, 5.41) is 33.1. The van der Waals surface area contributed by atoms with Gasteiger partial charge in [0, 0.05) is 12.5 Å². The van der Waals surface area contributed by atoms with E-state index in [2.05, 4.69) is 6.58 Å². The Morgan fingerprint density at radius 1 is 1.06 bits per heavy atom. The van der Waals surface area contributed by atoms with Gasteiger partial charge in [0.25, 0.3) is 0 Å². The van der Waals surface area contributed by atoms with E-state index in [1.54, 1.807) is 13.8 Å². The standard InChI is InChI=1S/C24H40O8/c1-7-30-21(27)15(2)17-8-11-23(5,29)19-10-13-24(6,32-19)20(31-16(3)25)9-12-22(4,28)18(26)14-17/h17-20,26,28-29H,2,7-14H2,1,3-6H3/t17-,18+,19-,20+,22+,23-,24-/m1/s1. The minimum Gasteiger partial charge on any atom is -0.463 e. The Morgan fingerprint density at radius 3 is 2.28 bits per heavy atom. The van der Waals surface area contributed by atoms with Crippen molar-refractivity contribution in [3.05, 3.63) is 12.2 Å². The maximum atomic E-state index is 12.3. The maximum absolute atomic E-state index is 12.3. The first-order chi connectivity index (χ1) is 14.7. The molecule has 0 aromatic rings. The lowest BCUT2D eigenvalue weighted by atomic mass is 9.78. The Labute approximate surface area is 190 Å². The van der Waals surface area contributed by atoms with E-state index in [0.29, 0.717) is 25.7 Å². The van der Waals surface area contributed by atoms with Gasteiger partial charge < -0.3 is 29.5 Å². The average molecular weight is 457 g/mol. The summed E-state index contributed by atoms with van der Waals surface area (Å²) in [7, 11) is 0. The summed E-state index contributed by atoms with van der Waals surface area (Å²) >= 11 is 0. The molecular formula is C24H40O8. The van der Waals surface area contributed by atoms with Crippen molar-refractivity contribution in [1.82, 2.24) is 0 Å². The first kappa shape index (κ1) is 26.8. The topological polar surface area (TPSA) is 123 Å². The van der Waals surface area contributed by atoms with Gasteiger partial charge >= 0.3 is 11.9 Å². The summed E-state index contributed by atoms with van der Waals surface area (Å²) in [6, 6.07) is 0. The minimum absolute atomic E-state index is 0.0851. The molecular weight excluding hydrogens is 416 g/mol. The smallest absolute Gasteiger partial charge is 0.333 e. The highest BCUT2D eigenvalue weighted by Crippen LogP contribution is 2.43. The average Bonchev–Trinajstić information content (AvgIpc) is 3.11. The molecule has 0 aliphatic carbocycles. The Morgan fingerprint density at radius 2 is 1.69 bits per heavy atom. The van der Waals surface area contributed by atoms with E-state index < -0.39 is 53.0 Å². The van der Waals surface area contributed by atoms with Crippen LogP contribution in [-0.4, -0.2) is 69.0 Å². The van der Waals surface area contributed by atoms with E-state index in [-0.39, 0.29) is 31.4 Å². The summed E-state index contributed by atoms with van der Waals surface area (Å²) in [6.45, 7) is 12.2. The van der Waals surface area contributed by atoms with Crippen molar-refractivity contribution in [1.29, 1.82) is 0 Å². The first-order valence-electron chi connectivity index (χ1n) is 11.6. The van der Waals surface area contributed by atoms with Crippen molar-refractivity contribution in [2.24, 2.45) is 5.92 Å². The third kappa shape index (κ3) is 6.31. The number of ether oxygens (including phenoxy) is 3. The molecule has 0 aromatic carbocycles. The van der Waals surface area contributed by atoms with Gasteiger partial charge in [0.05, 0.1) is 30.0 Å². The zero-order valence-corrected chi connectivity index (χ0v) is 20.1. The van der Waals surface area contributed by atoms with Gasteiger partial charge in [-0.25, -0.2) is 4.79 Å². The lowest BCUT2D eigenvalue weighted by Crippen LogP contribution is -2.47. The summed E-state index contributed by atoms with van der Waals surface area (Å²) in [5.74, 6) is -1.49. The largest absolute Gasteiger partial charge is 0.463 e. The quantitative estimate of drug-likeness (QED) is 0.435. The number of carbonyl (C=O) groups excluding carboxylic acids is 2.